The number of rotatable bonds is 9. The van der Waals surface area contributed by atoms with Crippen LogP contribution in [0.1, 0.15) is 12.2 Å². The molecular formula is C9H19N5O2. The molecule has 0 unspecified atom stereocenters. The minimum atomic E-state index is 0.598. The van der Waals surface area contributed by atoms with E-state index in [-0.39, 0.29) is 0 Å². The van der Waals surface area contributed by atoms with Crippen LogP contribution in [0.15, 0.2) is 0 Å². The maximum Gasteiger partial charge on any atom is 0.153 e. The Morgan fingerprint density at radius 1 is 1.31 bits per heavy atom. The number of aromatic nitrogens is 4. The molecule has 0 saturated carbocycles. The first-order valence-electron chi connectivity index (χ1n) is 5.40. The van der Waals surface area contributed by atoms with Crippen LogP contribution in [0.3, 0.4) is 0 Å². The topological polar surface area (TPSA) is 88.1 Å². The zero-order valence-corrected chi connectivity index (χ0v) is 9.63. The largest absolute Gasteiger partial charge is 0.382 e. The van der Waals surface area contributed by atoms with Crippen LogP contribution in [0.5, 0.6) is 0 Å². The van der Waals surface area contributed by atoms with Gasteiger partial charge in [-0.1, -0.05) is 0 Å². The van der Waals surface area contributed by atoms with Gasteiger partial charge in [-0.2, -0.15) is 0 Å². The third kappa shape index (κ3) is 4.65. The third-order valence-electron chi connectivity index (χ3n) is 2.08. The molecule has 0 bridgehead atoms. The summed E-state index contributed by atoms with van der Waals surface area (Å²) in [4.78, 5) is 0. The molecule has 0 amide bonds. The Kier molecular flexibility index (Phi) is 6.62. The summed E-state index contributed by atoms with van der Waals surface area (Å²) < 4.78 is 12.0. The zero-order valence-electron chi connectivity index (χ0n) is 9.63. The van der Waals surface area contributed by atoms with Crippen LogP contribution in [-0.4, -0.2) is 53.7 Å². The predicted molar refractivity (Wildman–Crippen MR) is 57.9 cm³/mol. The van der Waals surface area contributed by atoms with Crippen molar-refractivity contribution in [2.45, 2.75) is 19.4 Å². The molecule has 0 aliphatic heterocycles. The molecule has 92 valence electrons. The summed E-state index contributed by atoms with van der Waals surface area (Å²) in [5.41, 5.74) is 5.43. The van der Waals surface area contributed by atoms with E-state index in [1.807, 2.05) is 0 Å². The molecule has 1 aromatic heterocycles. The van der Waals surface area contributed by atoms with E-state index in [4.69, 9.17) is 15.2 Å². The van der Waals surface area contributed by atoms with Crippen molar-refractivity contribution in [1.82, 2.24) is 20.2 Å². The van der Waals surface area contributed by atoms with Crippen molar-refractivity contribution in [1.29, 1.82) is 0 Å². The smallest absolute Gasteiger partial charge is 0.153 e. The molecule has 0 radical (unpaired) electrons. The Morgan fingerprint density at radius 2 is 2.19 bits per heavy atom. The lowest BCUT2D eigenvalue weighted by atomic mass is 10.4. The highest BCUT2D eigenvalue weighted by Gasteiger charge is 2.04. The van der Waals surface area contributed by atoms with Crippen molar-refractivity contribution in [3.05, 3.63) is 5.82 Å². The van der Waals surface area contributed by atoms with Gasteiger partial charge in [0, 0.05) is 20.1 Å². The average molecular weight is 229 g/mol. The molecule has 0 saturated heterocycles. The number of hydrogen-bond donors (Lipinski definition) is 1. The number of methoxy groups -OCH3 is 1. The van der Waals surface area contributed by atoms with Crippen LogP contribution in [0.2, 0.25) is 0 Å². The standard InChI is InChI=1S/C9H19N5O2/c1-15-7-8-16-6-3-9-11-12-13-14(9)5-2-4-10/h2-8,10H2,1H3. The molecular weight excluding hydrogens is 210 g/mol. The highest BCUT2D eigenvalue weighted by molar-refractivity contribution is 4.80. The summed E-state index contributed by atoms with van der Waals surface area (Å²) >= 11 is 0. The summed E-state index contributed by atoms with van der Waals surface area (Å²) in [5.74, 6) is 0.839. The average Bonchev–Trinajstić information content (AvgIpc) is 2.74. The second-order valence-electron chi connectivity index (χ2n) is 3.32. The van der Waals surface area contributed by atoms with Gasteiger partial charge in [-0.25, -0.2) is 4.68 Å². The van der Waals surface area contributed by atoms with Gasteiger partial charge in [0.25, 0.3) is 0 Å². The molecule has 16 heavy (non-hydrogen) atoms. The Morgan fingerprint density at radius 3 is 2.94 bits per heavy atom. The van der Waals surface area contributed by atoms with Crippen molar-refractivity contribution in [3.8, 4) is 0 Å². The van der Waals surface area contributed by atoms with Crippen molar-refractivity contribution in [2.75, 3.05) is 33.5 Å². The molecule has 1 heterocycles. The second kappa shape index (κ2) is 8.14. The maximum absolute atomic E-state index is 5.43. The molecule has 0 fully saturated rings. The van der Waals surface area contributed by atoms with E-state index in [2.05, 4.69) is 15.5 Å². The van der Waals surface area contributed by atoms with Gasteiger partial charge >= 0.3 is 0 Å². The Bertz CT molecular complexity index is 279. The molecule has 0 aromatic carbocycles. The van der Waals surface area contributed by atoms with Crippen LogP contribution in [0, 0.1) is 0 Å². The second-order valence-corrected chi connectivity index (χ2v) is 3.32. The minimum absolute atomic E-state index is 0.598. The number of ether oxygens (including phenoxy) is 2. The highest BCUT2D eigenvalue weighted by atomic mass is 16.5. The Balaban J connectivity index is 2.22. The fourth-order valence-corrected chi connectivity index (χ4v) is 1.22. The van der Waals surface area contributed by atoms with Gasteiger partial charge in [-0.05, 0) is 23.4 Å². The quantitative estimate of drug-likeness (QED) is 0.559. The van der Waals surface area contributed by atoms with Crippen LogP contribution < -0.4 is 5.73 Å². The van der Waals surface area contributed by atoms with Gasteiger partial charge in [0.05, 0.1) is 19.8 Å². The monoisotopic (exact) mass is 229 g/mol. The van der Waals surface area contributed by atoms with Crippen molar-refractivity contribution >= 4 is 0 Å². The molecule has 1 rings (SSSR count). The highest BCUT2D eigenvalue weighted by Crippen LogP contribution is 1.96. The predicted octanol–water partition coefficient (Wildman–Crippen LogP) is -0.773. The van der Waals surface area contributed by atoms with Gasteiger partial charge < -0.3 is 15.2 Å². The van der Waals surface area contributed by atoms with Crippen molar-refractivity contribution < 1.29 is 9.47 Å². The first-order valence-corrected chi connectivity index (χ1v) is 5.40. The van der Waals surface area contributed by atoms with Crippen molar-refractivity contribution in [3.63, 3.8) is 0 Å². The third-order valence-corrected chi connectivity index (χ3v) is 2.08. The fourth-order valence-electron chi connectivity index (χ4n) is 1.22. The van der Waals surface area contributed by atoms with E-state index in [0.29, 0.717) is 32.8 Å². The van der Waals surface area contributed by atoms with E-state index in [1.54, 1.807) is 11.8 Å². The van der Waals surface area contributed by atoms with Gasteiger partial charge in [-0.3, -0.25) is 0 Å². The first-order chi connectivity index (χ1) is 7.88. The summed E-state index contributed by atoms with van der Waals surface area (Å²) in [6, 6.07) is 0. The summed E-state index contributed by atoms with van der Waals surface area (Å²) in [6.45, 7) is 3.21. The molecule has 7 nitrogen and oxygen atoms in total. The van der Waals surface area contributed by atoms with E-state index in [1.165, 1.54) is 0 Å². The molecule has 2 N–H and O–H groups in total. The molecule has 7 heteroatoms. The molecule has 0 atom stereocenters. The molecule has 0 aliphatic carbocycles. The van der Waals surface area contributed by atoms with Crippen LogP contribution in [0.4, 0.5) is 0 Å². The van der Waals surface area contributed by atoms with E-state index < -0.39 is 0 Å². The Labute approximate surface area is 94.9 Å². The molecule has 1 aromatic rings. The number of tetrazole rings is 1. The summed E-state index contributed by atoms with van der Waals surface area (Å²) in [6.07, 6.45) is 1.59. The minimum Gasteiger partial charge on any atom is -0.382 e. The van der Waals surface area contributed by atoms with Crippen LogP contribution >= 0.6 is 0 Å². The van der Waals surface area contributed by atoms with Crippen molar-refractivity contribution in [2.24, 2.45) is 5.73 Å². The van der Waals surface area contributed by atoms with Crippen LogP contribution in [0.25, 0.3) is 0 Å². The van der Waals surface area contributed by atoms with Gasteiger partial charge in [0.2, 0.25) is 0 Å². The van der Waals surface area contributed by atoms with Gasteiger partial charge in [-0.15, -0.1) is 5.10 Å². The number of nitrogens with two attached hydrogens (primary N) is 1. The lowest BCUT2D eigenvalue weighted by molar-refractivity contribution is 0.0712. The van der Waals surface area contributed by atoms with E-state index in [0.717, 1.165) is 18.8 Å². The normalized spacial score (nSPS) is 10.9. The summed E-state index contributed by atoms with van der Waals surface area (Å²) in [5, 5.41) is 11.5. The zero-order chi connectivity index (χ0) is 11.6. The summed E-state index contributed by atoms with van der Waals surface area (Å²) in [7, 11) is 1.65. The maximum atomic E-state index is 5.43. The van der Waals surface area contributed by atoms with E-state index in [9.17, 15) is 0 Å². The lowest BCUT2D eigenvalue weighted by Crippen LogP contribution is -2.12. The molecule has 0 spiro atoms. The number of aryl methyl sites for hydroxylation is 1. The fraction of sp³-hybridized carbons (Fsp3) is 0.889. The molecule has 0 aliphatic rings. The first kappa shape index (κ1) is 13.0. The van der Waals surface area contributed by atoms with Gasteiger partial charge in [0.1, 0.15) is 0 Å². The SMILES string of the molecule is COCCOCCc1nnnn1CCCN. The lowest BCUT2D eigenvalue weighted by Gasteiger charge is -2.04. The van der Waals surface area contributed by atoms with E-state index >= 15 is 0 Å². The number of nitrogens with zero attached hydrogens (tertiary/aromatic N) is 4. The number of hydrogen-bond acceptors (Lipinski definition) is 6. The van der Waals surface area contributed by atoms with Gasteiger partial charge in [0.15, 0.2) is 5.82 Å². The van der Waals surface area contributed by atoms with Crippen LogP contribution in [-0.2, 0) is 22.4 Å². The Hall–Kier alpha value is -1.05.